The number of benzene rings is 1. The Kier molecular flexibility index (Phi) is 4.58. The van der Waals surface area contributed by atoms with Crippen LogP contribution in [0.4, 0.5) is 5.13 Å². The monoisotopic (exact) mass is 364 g/mol. The highest BCUT2D eigenvalue weighted by atomic mass is 32.2. The van der Waals surface area contributed by atoms with Gasteiger partial charge in [0.25, 0.3) is 0 Å². The number of hydrogen-bond donors (Lipinski definition) is 2. The molecule has 0 aliphatic heterocycles. The molecule has 0 atom stereocenters. The van der Waals surface area contributed by atoms with Gasteiger partial charge in [-0.15, -0.1) is 10.2 Å². The molecule has 0 spiro atoms. The molecule has 0 radical (unpaired) electrons. The number of imidazole rings is 1. The lowest BCUT2D eigenvalue weighted by Gasteiger charge is -2.05. The van der Waals surface area contributed by atoms with Crippen molar-refractivity contribution in [2.24, 2.45) is 14.1 Å². The van der Waals surface area contributed by atoms with E-state index in [1.165, 1.54) is 23.1 Å². The summed E-state index contributed by atoms with van der Waals surface area (Å²) < 4.78 is 3.86. The molecule has 0 saturated heterocycles. The second-order valence-corrected chi connectivity index (χ2v) is 7.43. The molecule has 0 aliphatic carbocycles. The quantitative estimate of drug-likeness (QED) is 0.646. The van der Waals surface area contributed by atoms with E-state index in [9.17, 15) is 9.59 Å². The third-order valence-corrected chi connectivity index (χ3v) is 5.46. The van der Waals surface area contributed by atoms with Gasteiger partial charge in [-0.3, -0.25) is 13.9 Å². The van der Waals surface area contributed by atoms with Crippen molar-refractivity contribution >= 4 is 45.2 Å². The topological polar surface area (TPSA) is 108 Å². The number of carbonyl (C=O) groups is 1. The molecule has 0 unspecified atom stereocenters. The van der Waals surface area contributed by atoms with Gasteiger partial charge >= 0.3 is 5.69 Å². The third kappa shape index (κ3) is 3.29. The van der Waals surface area contributed by atoms with E-state index < -0.39 is 0 Å². The molecule has 0 bridgehead atoms. The molecule has 8 nitrogen and oxygen atoms in total. The Labute approximate surface area is 145 Å². The molecule has 1 amide bonds. The summed E-state index contributed by atoms with van der Waals surface area (Å²) >= 11 is 2.55. The van der Waals surface area contributed by atoms with Gasteiger partial charge in [-0.05, 0) is 17.7 Å². The molecule has 3 N–H and O–H groups in total. The lowest BCUT2D eigenvalue weighted by Crippen LogP contribution is -2.24. The summed E-state index contributed by atoms with van der Waals surface area (Å²) in [6.45, 7) is 0.399. The Morgan fingerprint density at radius 2 is 2.04 bits per heavy atom. The third-order valence-electron chi connectivity index (χ3n) is 3.57. The van der Waals surface area contributed by atoms with Gasteiger partial charge in [0.15, 0.2) is 4.34 Å². The summed E-state index contributed by atoms with van der Waals surface area (Å²) in [4.78, 5) is 23.8. The first kappa shape index (κ1) is 16.5. The molecule has 0 fully saturated rings. The van der Waals surface area contributed by atoms with Crippen molar-refractivity contribution in [3.63, 3.8) is 0 Å². The maximum atomic E-state index is 11.9. The average Bonchev–Trinajstić information content (AvgIpc) is 3.09. The fraction of sp³-hybridized carbons (Fsp3) is 0.286. The number of thioether (sulfide) groups is 1. The predicted octanol–water partition coefficient (Wildman–Crippen LogP) is 0.719. The van der Waals surface area contributed by atoms with Crippen molar-refractivity contribution in [1.82, 2.24) is 24.6 Å². The molecule has 3 rings (SSSR count). The van der Waals surface area contributed by atoms with Gasteiger partial charge in [-0.1, -0.05) is 29.2 Å². The molecule has 24 heavy (non-hydrogen) atoms. The second kappa shape index (κ2) is 6.65. The van der Waals surface area contributed by atoms with Crippen LogP contribution in [0.25, 0.3) is 11.0 Å². The Morgan fingerprint density at radius 3 is 2.75 bits per heavy atom. The van der Waals surface area contributed by atoms with Crippen molar-refractivity contribution < 1.29 is 4.79 Å². The van der Waals surface area contributed by atoms with Crippen LogP contribution >= 0.6 is 23.1 Å². The number of aromatic nitrogens is 4. The van der Waals surface area contributed by atoms with Gasteiger partial charge in [0.2, 0.25) is 11.0 Å². The molecule has 2 aromatic heterocycles. The zero-order valence-corrected chi connectivity index (χ0v) is 14.8. The summed E-state index contributed by atoms with van der Waals surface area (Å²) in [6.07, 6.45) is 0. The molecule has 126 valence electrons. The van der Waals surface area contributed by atoms with Crippen LogP contribution in [0.1, 0.15) is 5.56 Å². The van der Waals surface area contributed by atoms with Gasteiger partial charge in [0.05, 0.1) is 16.8 Å². The molecule has 1 aromatic carbocycles. The maximum Gasteiger partial charge on any atom is 0.328 e. The number of anilines is 1. The molecule has 0 saturated carbocycles. The average molecular weight is 364 g/mol. The standard InChI is InChI=1S/C14H16N6O2S2/c1-19-9-4-3-8(5-10(9)20(2)14(19)22)6-16-11(21)7-23-13-18-17-12(15)24-13/h3-5H,6-7H2,1-2H3,(H2,15,17)(H,16,21). The molecule has 0 aliphatic rings. The van der Waals surface area contributed by atoms with Crippen LogP contribution in [-0.2, 0) is 25.4 Å². The normalized spacial score (nSPS) is 11.1. The van der Waals surface area contributed by atoms with Gasteiger partial charge in [0.1, 0.15) is 0 Å². The van der Waals surface area contributed by atoms with Crippen molar-refractivity contribution in [1.29, 1.82) is 0 Å². The number of nitrogens with two attached hydrogens (primary N) is 1. The Morgan fingerprint density at radius 1 is 1.29 bits per heavy atom. The van der Waals surface area contributed by atoms with Crippen LogP contribution in [-0.4, -0.2) is 31.0 Å². The summed E-state index contributed by atoms with van der Waals surface area (Å²) in [5, 5.41) is 10.8. The lowest BCUT2D eigenvalue weighted by atomic mass is 10.2. The molecule has 2 heterocycles. The Bertz CT molecular complexity index is 958. The highest BCUT2D eigenvalue weighted by Gasteiger charge is 2.10. The maximum absolute atomic E-state index is 11.9. The van der Waals surface area contributed by atoms with Crippen molar-refractivity contribution in [3.05, 3.63) is 34.2 Å². The van der Waals surface area contributed by atoms with Gasteiger partial charge < -0.3 is 11.1 Å². The van der Waals surface area contributed by atoms with E-state index in [0.29, 0.717) is 16.0 Å². The summed E-state index contributed by atoms with van der Waals surface area (Å²) in [6, 6.07) is 5.70. The number of nitrogens with zero attached hydrogens (tertiary/aromatic N) is 4. The summed E-state index contributed by atoms with van der Waals surface area (Å²) in [5.74, 6) is 0.150. The van der Waals surface area contributed by atoms with Crippen LogP contribution in [0.2, 0.25) is 0 Å². The van der Waals surface area contributed by atoms with E-state index in [0.717, 1.165) is 16.6 Å². The lowest BCUT2D eigenvalue weighted by molar-refractivity contribution is -0.118. The van der Waals surface area contributed by atoms with Gasteiger partial charge in [-0.25, -0.2) is 4.79 Å². The van der Waals surface area contributed by atoms with E-state index in [2.05, 4.69) is 15.5 Å². The largest absolute Gasteiger partial charge is 0.374 e. The van der Waals surface area contributed by atoms with Gasteiger partial charge in [0, 0.05) is 20.6 Å². The predicted molar refractivity (Wildman–Crippen MR) is 95.1 cm³/mol. The minimum atomic E-state index is -0.101. The minimum Gasteiger partial charge on any atom is -0.374 e. The number of nitrogens with one attached hydrogen (secondary N) is 1. The summed E-state index contributed by atoms with van der Waals surface area (Å²) in [7, 11) is 3.47. The zero-order chi connectivity index (χ0) is 17.3. The number of fused-ring (bicyclic) bond motifs is 1. The number of carbonyl (C=O) groups excluding carboxylic acids is 1. The summed E-state index contributed by atoms with van der Waals surface area (Å²) in [5.41, 5.74) is 8.06. The van der Waals surface area contributed by atoms with Crippen LogP contribution in [0.3, 0.4) is 0 Å². The Balaban J connectivity index is 1.62. The molecular weight excluding hydrogens is 348 g/mol. The number of nitrogen functional groups attached to an aromatic ring is 1. The number of aryl methyl sites for hydroxylation is 2. The van der Waals surface area contributed by atoms with E-state index in [4.69, 9.17) is 5.73 Å². The highest BCUT2D eigenvalue weighted by Crippen LogP contribution is 2.23. The molecule has 10 heteroatoms. The van der Waals surface area contributed by atoms with E-state index in [-0.39, 0.29) is 17.3 Å². The van der Waals surface area contributed by atoms with Crippen LogP contribution in [0, 0.1) is 0 Å². The van der Waals surface area contributed by atoms with Crippen molar-refractivity contribution in [2.45, 2.75) is 10.9 Å². The minimum absolute atomic E-state index is 0.0704. The van der Waals surface area contributed by atoms with Crippen molar-refractivity contribution in [2.75, 3.05) is 11.5 Å². The van der Waals surface area contributed by atoms with E-state index in [1.54, 1.807) is 23.2 Å². The number of amides is 1. The van der Waals surface area contributed by atoms with Crippen molar-refractivity contribution in [3.8, 4) is 0 Å². The molecule has 3 aromatic rings. The first-order valence-corrected chi connectivity index (χ1v) is 8.88. The highest BCUT2D eigenvalue weighted by molar-refractivity contribution is 8.01. The smallest absolute Gasteiger partial charge is 0.328 e. The fourth-order valence-electron chi connectivity index (χ4n) is 2.32. The number of rotatable bonds is 5. The first-order chi connectivity index (χ1) is 11.5. The first-order valence-electron chi connectivity index (χ1n) is 7.08. The second-order valence-electron chi connectivity index (χ2n) is 5.20. The zero-order valence-electron chi connectivity index (χ0n) is 13.1. The van der Waals surface area contributed by atoms with E-state index >= 15 is 0 Å². The SMILES string of the molecule is Cn1c(=O)n(C)c2cc(CNC(=O)CSc3nnc(N)s3)ccc21. The fourth-order valence-corrected chi connectivity index (χ4v) is 3.79. The van der Waals surface area contributed by atoms with Crippen LogP contribution < -0.4 is 16.7 Å². The van der Waals surface area contributed by atoms with Crippen LogP contribution in [0.5, 0.6) is 0 Å². The number of hydrogen-bond acceptors (Lipinski definition) is 7. The van der Waals surface area contributed by atoms with Crippen LogP contribution in [0.15, 0.2) is 27.3 Å². The Hall–Kier alpha value is -2.33. The van der Waals surface area contributed by atoms with Gasteiger partial charge in [-0.2, -0.15) is 0 Å². The van der Waals surface area contributed by atoms with E-state index in [1.807, 2.05) is 18.2 Å². The molecular formula is C14H16N6O2S2.